The second kappa shape index (κ2) is 8.72. The van der Waals surface area contributed by atoms with E-state index in [1.165, 1.54) is 12.8 Å². The van der Waals surface area contributed by atoms with Crippen molar-refractivity contribution >= 4 is 15.9 Å². The Hall–Kier alpha value is 0.440. The zero-order valence-electron chi connectivity index (χ0n) is 10.1. The molecule has 0 aliphatic carbocycles. The summed E-state index contributed by atoms with van der Waals surface area (Å²) in [4.78, 5) is 0. The van der Waals surface area contributed by atoms with Gasteiger partial charge in [0.25, 0.3) is 0 Å². The van der Waals surface area contributed by atoms with E-state index >= 15 is 0 Å². The van der Waals surface area contributed by atoms with Crippen LogP contribution in [-0.2, 0) is 4.74 Å². The molecule has 0 spiro atoms. The van der Waals surface area contributed by atoms with Crippen molar-refractivity contribution in [3.05, 3.63) is 0 Å². The first-order valence-corrected chi connectivity index (χ1v) is 6.87. The Kier molecular flexibility index (Phi) is 9.00. The van der Waals surface area contributed by atoms with Crippen LogP contribution in [0.25, 0.3) is 0 Å². The predicted octanol–water partition coefficient (Wildman–Crippen LogP) is 4.11. The minimum absolute atomic E-state index is 0.656. The highest BCUT2D eigenvalue weighted by atomic mass is 79.9. The van der Waals surface area contributed by atoms with Crippen molar-refractivity contribution < 1.29 is 4.74 Å². The minimum Gasteiger partial charge on any atom is -0.381 e. The molecule has 0 fully saturated rings. The summed E-state index contributed by atoms with van der Waals surface area (Å²) in [5.41, 5.74) is 0. The van der Waals surface area contributed by atoms with Gasteiger partial charge in [-0.2, -0.15) is 0 Å². The normalized spacial score (nSPS) is 15.9. The standard InChI is InChI=1S/C12H25BrO/c1-5-6-11(4)8-14-9-12(7-13)10(2)3/h10-12H,5-9H2,1-4H3. The fourth-order valence-electron chi connectivity index (χ4n) is 1.41. The molecule has 0 aliphatic rings. The molecule has 0 aromatic heterocycles. The molecule has 0 bridgehead atoms. The van der Waals surface area contributed by atoms with E-state index in [1.807, 2.05) is 0 Å². The molecule has 1 nitrogen and oxygen atoms in total. The maximum atomic E-state index is 5.73. The van der Waals surface area contributed by atoms with Crippen molar-refractivity contribution in [1.82, 2.24) is 0 Å². The van der Waals surface area contributed by atoms with Crippen LogP contribution in [0.15, 0.2) is 0 Å². The van der Waals surface area contributed by atoms with Gasteiger partial charge in [0.05, 0.1) is 6.61 Å². The highest BCUT2D eigenvalue weighted by Crippen LogP contribution is 2.15. The van der Waals surface area contributed by atoms with E-state index in [4.69, 9.17) is 4.74 Å². The second-order valence-electron chi connectivity index (χ2n) is 4.59. The third kappa shape index (κ3) is 6.83. The van der Waals surface area contributed by atoms with E-state index in [0.29, 0.717) is 17.8 Å². The second-order valence-corrected chi connectivity index (χ2v) is 5.24. The van der Waals surface area contributed by atoms with Crippen LogP contribution in [0.4, 0.5) is 0 Å². The molecule has 0 N–H and O–H groups in total. The van der Waals surface area contributed by atoms with Gasteiger partial charge in [0.15, 0.2) is 0 Å². The summed E-state index contributed by atoms with van der Waals surface area (Å²) < 4.78 is 5.73. The smallest absolute Gasteiger partial charge is 0.0504 e. The van der Waals surface area contributed by atoms with Crippen LogP contribution in [0.5, 0.6) is 0 Å². The highest BCUT2D eigenvalue weighted by Gasteiger charge is 2.12. The lowest BCUT2D eigenvalue weighted by atomic mass is 9.99. The summed E-state index contributed by atoms with van der Waals surface area (Å²) in [6, 6.07) is 0. The van der Waals surface area contributed by atoms with Crippen molar-refractivity contribution in [1.29, 1.82) is 0 Å². The van der Waals surface area contributed by atoms with Gasteiger partial charge < -0.3 is 4.74 Å². The van der Waals surface area contributed by atoms with E-state index in [9.17, 15) is 0 Å². The average Bonchev–Trinajstić information content (AvgIpc) is 2.12. The number of hydrogen-bond donors (Lipinski definition) is 0. The van der Waals surface area contributed by atoms with Gasteiger partial charge in [0, 0.05) is 11.9 Å². The van der Waals surface area contributed by atoms with Gasteiger partial charge in [0.2, 0.25) is 0 Å². The molecule has 0 heterocycles. The van der Waals surface area contributed by atoms with Crippen molar-refractivity contribution in [3.63, 3.8) is 0 Å². The summed E-state index contributed by atoms with van der Waals surface area (Å²) in [5.74, 6) is 2.07. The van der Waals surface area contributed by atoms with Gasteiger partial charge in [-0.05, 0) is 24.2 Å². The first-order valence-electron chi connectivity index (χ1n) is 5.75. The molecule has 0 saturated carbocycles. The van der Waals surface area contributed by atoms with E-state index in [-0.39, 0.29) is 0 Å². The maximum absolute atomic E-state index is 5.73. The SMILES string of the molecule is CCCC(C)COCC(CBr)C(C)C. The molecule has 0 saturated heterocycles. The van der Waals surface area contributed by atoms with E-state index in [2.05, 4.69) is 43.6 Å². The fraction of sp³-hybridized carbons (Fsp3) is 1.00. The van der Waals surface area contributed by atoms with Gasteiger partial charge in [-0.15, -0.1) is 0 Å². The number of ether oxygens (including phenoxy) is 1. The van der Waals surface area contributed by atoms with Crippen LogP contribution in [0.3, 0.4) is 0 Å². The Morgan fingerprint density at radius 3 is 2.21 bits per heavy atom. The van der Waals surface area contributed by atoms with Crippen LogP contribution in [0.1, 0.15) is 40.5 Å². The Morgan fingerprint density at radius 2 is 1.79 bits per heavy atom. The fourth-order valence-corrected chi connectivity index (χ4v) is 2.35. The number of halogens is 1. The van der Waals surface area contributed by atoms with Crippen LogP contribution in [-0.4, -0.2) is 18.5 Å². The molecular weight excluding hydrogens is 240 g/mol. The largest absolute Gasteiger partial charge is 0.381 e. The zero-order valence-corrected chi connectivity index (χ0v) is 11.6. The Morgan fingerprint density at radius 1 is 1.14 bits per heavy atom. The molecule has 86 valence electrons. The highest BCUT2D eigenvalue weighted by molar-refractivity contribution is 9.09. The summed E-state index contributed by atoms with van der Waals surface area (Å²) in [7, 11) is 0. The molecule has 2 unspecified atom stereocenters. The third-order valence-electron chi connectivity index (χ3n) is 2.66. The molecule has 2 heteroatoms. The lowest BCUT2D eigenvalue weighted by Gasteiger charge is -2.19. The van der Waals surface area contributed by atoms with Crippen molar-refractivity contribution in [2.75, 3.05) is 18.5 Å². The molecular formula is C12H25BrO. The van der Waals surface area contributed by atoms with Crippen LogP contribution in [0, 0.1) is 17.8 Å². The molecule has 0 amide bonds. The van der Waals surface area contributed by atoms with Crippen molar-refractivity contribution in [2.45, 2.75) is 40.5 Å². The van der Waals surface area contributed by atoms with Crippen molar-refractivity contribution in [3.8, 4) is 0 Å². The monoisotopic (exact) mass is 264 g/mol. The summed E-state index contributed by atoms with van der Waals surface area (Å²) in [6.45, 7) is 10.8. The quantitative estimate of drug-likeness (QED) is 0.600. The molecule has 0 rings (SSSR count). The predicted molar refractivity (Wildman–Crippen MR) is 67.0 cm³/mol. The van der Waals surface area contributed by atoms with Gasteiger partial charge in [-0.3, -0.25) is 0 Å². The lowest BCUT2D eigenvalue weighted by Crippen LogP contribution is -2.19. The molecule has 0 radical (unpaired) electrons. The van der Waals surface area contributed by atoms with E-state index < -0.39 is 0 Å². The molecule has 0 aliphatic heterocycles. The van der Waals surface area contributed by atoms with Crippen LogP contribution in [0.2, 0.25) is 0 Å². The average molecular weight is 265 g/mol. The zero-order chi connectivity index (χ0) is 11.0. The lowest BCUT2D eigenvalue weighted by molar-refractivity contribution is 0.0673. The Balaban J connectivity index is 3.50. The van der Waals surface area contributed by atoms with Crippen LogP contribution >= 0.6 is 15.9 Å². The molecule has 0 aromatic rings. The van der Waals surface area contributed by atoms with Gasteiger partial charge in [0.1, 0.15) is 0 Å². The first kappa shape index (κ1) is 14.4. The van der Waals surface area contributed by atoms with Gasteiger partial charge >= 0.3 is 0 Å². The van der Waals surface area contributed by atoms with Crippen LogP contribution < -0.4 is 0 Å². The van der Waals surface area contributed by atoms with Gasteiger partial charge in [-0.1, -0.05) is 50.0 Å². The first-order chi connectivity index (χ1) is 6.61. The molecule has 0 aromatic carbocycles. The Bertz CT molecular complexity index is 125. The summed E-state index contributed by atoms with van der Waals surface area (Å²) >= 11 is 3.53. The van der Waals surface area contributed by atoms with E-state index in [0.717, 1.165) is 18.5 Å². The Labute approximate surface area is 97.7 Å². The van der Waals surface area contributed by atoms with E-state index in [1.54, 1.807) is 0 Å². The molecule has 14 heavy (non-hydrogen) atoms. The molecule has 2 atom stereocenters. The minimum atomic E-state index is 0.656. The number of alkyl halides is 1. The number of hydrogen-bond acceptors (Lipinski definition) is 1. The topological polar surface area (TPSA) is 9.23 Å². The summed E-state index contributed by atoms with van der Waals surface area (Å²) in [5, 5.41) is 1.05. The summed E-state index contributed by atoms with van der Waals surface area (Å²) in [6.07, 6.45) is 2.54. The van der Waals surface area contributed by atoms with Crippen molar-refractivity contribution in [2.24, 2.45) is 17.8 Å². The maximum Gasteiger partial charge on any atom is 0.0504 e. The third-order valence-corrected chi connectivity index (χ3v) is 3.49. The van der Waals surface area contributed by atoms with Gasteiger partial charge in [-0.25, -0.2) is 0 Å². The number of rotatable bonds is 8.